The molecule has 0 aliphatic carbocycles. The van der Waals surface area contributed by atoms with Gasteiger partial charge in [0.25, 0.3) is 11.8 Å². The van der Waals surface area contributed by atoms with E-state index in [1.54, 1.807) is 29.2 Å². The highest BCUT2D eigenvalue weighted by Crippen LogP contribution is 2.24. The first-order valence-corrected chi connectivity index (χ1v) is 10.9. The zero-order valence-corrected chi connectivity index (χ0v) is 18.3. The van der Waals surface area contributed by atoms with Gasteiger partial charge in [-0.1, -0.05) is 23.2 Å². The summed E-state index contributed by atoms with van der Waals surface area (Å²) in [7, 11) is 0. The van der Waals surface area contributed by atoms with Gasteiger partial charge in [-0.15, -0.1) is 0 Å². The summed E-state index contributed by atoms with van der Waals surface area (Å²) in [6, 6.07) is 10.1. The minimum Gasteiger partial charge on any atom is -0.345 e. The van der Waals surface area contributed by atoms with Gasteiger partial charge < -0.3 is 20.9 Å². The molecule has 3 aromatic rings. The van der Waals surface area contributed by atoms with Gasteiger partial charge in [0, 0.05) is 29.7 Å². The lowest BCUT2D eigenvalue weighted by molar-refractivity contribution is 0.0623. The van der Waals surface area contributed by atoms with Gasteiger partial charge >= 0.3 is 0 Å². The first-order chi connectivity index (χ1) is 15.0. The molecule has 1 aliphatic heterocycles. The second-order valence-corrected chi connectivity index (χ2v) is 8.45. The standard InChI is InChI=1S/C22H23Cl2N5O2/c23-14-5-7-18-19(10-14)28-20(27-18)12-26-21(30)13-4-6-16(17(24)9-13)22(31)29-8-2-1-3-15(29)11-25/h4-7,9-10,15H,1-3,8,11-12,25H2,(H,26,30)(H,27,28)/t15-/m1/s1. The minimum absolute atomic E-state index is 0.0268. The molecule has 0 spiro atoms. The van der Waals surface area contributed by atoms with Gasteiger partial charge in [0.15, 0.2) is 0 Å². The molecule has 1 aromatic heterocycles. The Morgan fingerprint density at radius 1 is 1.19 bits per heavy atom. The van der Waals surface area contributed by atoms with E-state index in [1.165, 1.54) is 6.07 Å². The molecule has 0 saturated carbocycles. The summed E-state index contributed by atoms with van der Waals surface area (Å²) in [6.07, 6.45) is 2.92. The van der Waals surface area contributed by atoms with Crippen LogP contribution in [0.3, 0.4) is 0 Å². The van der Waals surface area contributed by atoms with Gasteiger partial charge in [-0.05, 0) is 55.7 Å². The zero-order chi connectivity index (χ0) is 22.0. The average molecular weight is 460 g/mol. The molecule has 1 aliphatic rings. The summed E-state index contributed by atoms with van der Waals surface area (Å²) in [4.78, 5) is 34.9. The van der Waals surface area contributed by atoms with Crippen LogP contribution in [0, 0.1) is 0 Å². The number of hydrogen-bond acceptors (Lipinski definition) is 4. The molecule has 162 valence electrons. The number of nitrogens with two attached hydrogens (primary N) is 1. The number of carbonyl (C=O) groups excluding carboxylic acids is 2. The Kier molecular flexibility index (Phi) is 6.46. The maximum atomic E-state index is 13.0. The van der Waals surface area contributed by atoms with Gasteiger partial charge in [0.2, 0.25) is 0 Å². The third kappa shape index (κ3) is 4.69. The van der Waals surface area contributed by atoms with Crippen LogP contribution in [0.25, 0.3) is 11.0 Å². The second kappa shape index (κ2) is 9.26. The van der Waals surface area contributed by atoms with Crippen LogP contribution < -0.4 is 11.1 Å². The normalized spacial score (nSPS) is 16.5. The number of aromatic amines is 1. The number of imidazole rings is 1. The average Bonchev–Trinajstić information content (AvgIpc) is 3.18. The number of halogens is 2. The molecular weight excluding hydrogens is 437 g/mol. The third-order valence-corrected chi connectivity index (χ3v) is 6.08. The fourth-order valence-electron chi connectivity index (χ4n) is 3.88. The smallest absolute Gasteiger partial charge is 0.255 e. The van der Waals surface area contributed by atoms with Gasteiger partial charge in [-0.25, -0.2) is 4.98 Å². The molecular formula is C22H23Cl2N5O2. The van der Waals surface area contributed by atoms with E-state index in [9.17, 15) is 9.59 Å². The van der Waals surface area contributed by atoms with E-state index in [1.807, 2.05) is 6.07 Å². The van der Waals surface area contributed by atoms with Crippen molar-refractivity contribution in [3.63, 3.8) is 0 Å². The number of nitrogens with one attached hydrogen (secondary N) is 2. The number of likely N-dealkylation sites (tertiary alicyclic amines) is 1. The highest BCUT2D eigenvalue weighted by molar-refractivity contribution is 6.34. The SMILES string of the molecule is NC[C@H]1CCCCN1C(=O)c1ccc(C(=O)NCc2nc3ccc(Cl)cc3[nH]2)cc1Cl. The summed E-state index contributed by atoms with van der Waals surface area (Å²) in [5.41, 5.74) is 8.16. The molecule has 9 heteroatoms. The van der Waals surface area contributed by atoms with Crippen molar-refractivity contribution in [2.45, 2.75) is 31.8 Å². The molecule has 0 bridgehead atoms. The lowest BCUT2D eigenvalue weighted by Crippen LogP contribution is -2.47. The topological polar surface area (TPSA) is 104 Å². The van der Waals surface area contributed by atoms with Crippen LogP contribution in [0.5, 0.6) is 0 Å². The lowest BCUT2D eigenvalue weighted by atomic mass is 10.0. The first-order valence-electron chi connectivity index (χ1n) is 10.2. The van der Waals surface area contributed by atoms with Crippen molar-refractivity contribution < 1.29 is 9.59 Å². The fraction of sp³-hybridized carbons (Fsp3) is 0.318. The molecule has 2 aromatic carbocycles. The maximum absolute atomic E-state index is 13.0. The van der Waals surface area contributed by atoms with E-state index in [0.29, 0.717) is 35.1 Å². The van der Waals surface area contributed by atoms with Gasteiger partial charge in [-0.2, -0.15) is 0 Å². The third-order valence-electron chi connectivity index (χ3n) is 5.53. The molecule has 0 unspecified atom stereocenters. The monoisotopic (exact) mass is 459 g/mol. The number of H-pyrrole nitrogens is 1. The van der Waals surface area contributed by atoms with E-state index in [2.05, 4.69) is 15.3 Å². The number of piperidine rings is 1. The van der Waals surface area contributed by atoms with E-state index in [4.69, 9.17) is 28.9 Å². The number of carbonyl (C=O) groups is 2. The fourth-order valence-corrected chi connectivity index (χ4v) is 4.32. The quantitative estimate of drug-likeness (QED) is 0.540. The zero-order valence-electron chi connectivity index (χ0n) is 16.8. The summed E-state index contributed by atoms with van der Waals surface area (Å²) in [5, 5.41) is 3.67. The Hall–Kier alpha value is -2.61. The number of rotatable bonds is 5. The van der Waals surface area contributed by atoms with Crippen LogP contribution in [-0.4, -0.2) is 45.8 Å². The van der Waals surface area contributed by atoms with Crippen molar-refractivity contribution in [2.24, 2.45) is 5.73 Å². The highest BCUT2D eigenvalue weighted by Gasteiger charge is 2.27. The maximum Gasteiger partial charge on any atom is 0.255 e. The van der Waals surface area contributed by atoms with Crippen LogP contribution in [0.1, 0.15) is 45.8 Å². The Morgan fingerprint density at radius 3 is 2.81 bits per heavy atom. The molecule has 2 amide bonds. The van der Waals surface area contributed by atoms with Crippen LogP contribution >= 0.6 is 23.2 Å². The number of amides is 2. The van der Waals surface area contributed by atoms with E-state index in [0.717, 1.165) is 30.3 Å². The first kappa shape index (κ1) is 21.6. The van der Waals surface area contributed by atoms with Crippen molar-refractivity contribution in [3.8, 4) is 0 Å². The molecule has 2 heterocycles. The van der Waals surface area contributed by atoms with E-state index >= 15 is 0 Å². The van der Waals surface area contributed by atoms with E-state index in [-0.39, 0.29) is 29.4 Å². The van der Waals surface area contributed by atoms with Crippen molar-refractivity contribution in [1.82, 2.24) is 20.2 Å². The number of fused-ring (bicyclic) bond motifs is 1. The number of benzene rings is 2. The Bertz CT molecular complexity index is 1130. The molecule has 0 radical (unpaired) electrons. The van der Waals surface area contributed by atoms with Gasteiger partial charge in [0.1, 0.15) is 5.82 Å². The molecule has 7 nitrogen and oxygen atoms in total. The second-order valence-electron chi connectivity index (χ2n) is 7.61. The van der Waals surface area contributed by atoms with E-state index < -0.39 is 0 Å². The van der Waals surface area contributed by atoms with Crippen molar-refractivity contribution in [1.29, 1.82) is 0 Å². The summed E-state index contributed by atoms with van der Waals surface area (Å²) in [6.45, 7) is 1.31. The van der Waals surface area contributed by atoms with Crippen LogP contribution in [0.15, 0.2) is 36.4 Å². The Balaban J connectivity index is 1.44. The summed E-state index contributed by atoms with van der Waals surface area (Å²) in [5.74, 6) is 0.159. The predicted molar refractivity (Wildman–Crippen MR) is 121 cm³/mol. The minimum atomic E-state index is -0.308. The molecule has 1 fully saturated rings. The van der Waals surface area contributed by atoms with Crippen LogP contribution in [0.4, 0.5) is 0 Å². The van der Waals surface area contributed by atoms with Gasteiger partial charge in [-0.3, -0.25) is 9.59 Å². The predicted octanol–water partition coefficient (Wildman–Crippen LogP) is 3.75. The molecule has 31 heavy (non-hydrogen) atoms. The summed E-state index contributed by atoms with van der Waals surface area (Å²) >= 11 is 12.4. The summed E-state index contributed by atoms with van der Waals surface area (Å²) < 4.78 is 0. The molecule has 4 rings (SSSR count). The van der Waals surface area contributed by atoms with Crippen LogP contribution in [-0.2, 0) is 6.54 Å². The highest BCUT2D eigenvalue weighted by atomic mass is 35.5. The largest absolute Gasteiger partial charge is 0.345 e. The lowest BCUT2D eigenvalue weighted by Gasteiger charge is -2.35. The Labute approximate surface area is 189 Å². The number of hydrogen-bond donors (Lipinski definition) is 3. The van der Waals surface area contributed by atoms with Gasteiger partial charge in [0.05, 0.1) is 28.2 Å². The number of aromatic nitrogens is 2. The molecule has 1 saturated heterocycles. The Morgan fingerprint density at radius 2 is 2.03 bits per heavy atom. The van der Waals surface area contributed by atoms with Crippen molar-refractivity contribution >= 4 is 46.0 Å². The van der Waals surface area contributed by atoms with Crippen molar-refractivity contribution in [3.05, 3.63) is 63.4 Å². The number of nitrogens with zero attached hydrogens (tertiary/aromatic N) is 2. The van der Waals surface area contributed by atoms with Crippen molar-refractivity contribution in [2.75, 3.05) is 13.1 Å². The molecule has 1 atom stereocenters. The van der Waals surface area contributed by atoms with Crippen LogP contribution in [0.2, 0.25) is 10.0 Å². The molecule has 4 N–H and O–H groups in total.